The van der Waals surface area contributed by atoms with E-state index in [0.717, 1.165) is 66.3 Å². The summed E-state index contributed by atoms with van der Waals surface area (Å²) in [6, 6.07) is 12.4. The second kappa shape index (κ2) is 10.8. The Morgan fingerprint density at radius 3 is 3.03 bits per heavy atom. The molecule has 2 aromatic carbocycles. The van der Waals surface area contributed by atoms with Crippen LogP contribution in [0.2, 0.25) is 0 Å². The average Bonchev–Trinajstić information content (AvgIpc) is 2.90. The Labute approximate surface area is 209 Å². The first kappa shape index (κ1) is 23.8. The van der Waals surface area contributed by atoms with Gasteiger partial charge in [-0.05, 0) is 49.1 Å². The van der Waals surface area contributed by atoms with Gasteiger partial charge in [0, 0.05) is 36.6 Å². The molecule has 2 aliphatic heterocycles. The number of likely N-dealkylation sites (tertiary alicyclic amines) is 1. The topological polar surface area (TPSA) is 88.6 Å². The maximum Gasteiger partial charge on any atom is 0.234 e. The molecule has 2 unspecified atom stereocenters. The Morgan fingerprint density at radius 2 is 2.17 bits per heavy atom. The van der Waals surface area contributed by atoms with Gasteiger partial charge in [-0.15, -0.1) is 11.8 Å². The van der Waals surface area contributed by atoms with Gasteiger partial charge in [-0.3, -0.25) is 9.69 Å². The first-order valence-electron chi connectivity index (χ1n) is 12.1. The molecule has 2 atom stereocenters. The summed E-state index contributed by atoms with van der Waals surface area (Å²) < 4.78 is 11.6. The van der Waals surface area contributed by atoms with Crippen LogP contribution in [0.15, 0.2) is 47.5 Å². The lowest BCUT2D eigenvalue weighted by Gasteiger charge is -2.37. The Hall–Kier alpha value is -2.88. The van der Waals surface area contributed by atoms with E-state index in [0.29, 0.717) is 17.7 Å². The van der Waals surface area contributed by atoms with Gasteiger partial charge in [-0.25, -0.2) is 9.97 Å². The van der Waals surface area contributed by atoms with E-state index in [9.17, 15) is 4.79 Å². The van der Waals surface area contributed by atoms with Crippen LogP contribution in [0.3, 0.4) is 0 Å². The quantitative estimate of drug-likeness (QED) is 0.486. The highest BCUT2D eigenvalue weighted by molar-refractivity contribution is 8.00. The number of piperidine rings is 1. The second-order valence-electron chi connectivity index (χ2n) is 8.93. The lowest BCUT2D eigenvalue weighted by atomic mass is 10.0. The predicted molar refractivity (Wildman–Crippen MR) is 138 cm³/mol. The van der Waals surface area contributed by atoms with Crippen molar-refractivity contribution in [3.63, 3.8) is 0 Å². The van der Waals surface area contributed by atoms with E-state index >= 15 is 0 Å². The van der Waals surface area contributed by atoms with Crippen molar-refractivity contribution in [2.45, 2.75) is 49.9 Å². The molecule has 2 aliphatic rings. The molecule has 5 rings (SSSR count). The summed E-state index contributed by atoms with van der Waals surface area (Å²) in [5.74, 6) is 1.83. The van der Waals surface area contributed by atoms with Crippen molar-refractivity contribution >= 4 is 34.4 Å². The van der Waals surface area contributed by atoms with E-state index in [1.165, 1.54) is 5.56 Å². The monoisotopic (exact) mass is 493 g/mol. The van der Waals surface area contributed by atoms with Crippen LogP contribution in [0.25, 0.3) is 11.0 Å². The molecule has 184 valence electrons. The number of rotatable bonds is 8. The minimum atomic E-state index is -0.0621. The van der Waals surface area contributed by atoms with Crippen molar-refractivity contribution in [1.82, 2.24) is 20.2 Å². The SMILES string of the molecule is CCC(Oc1cnc2ccc(OC)cc2n1)N1CCCC(NCc2ccc3c(c2)NC(=O)CS3)C1. The highest BCUT2D eigenvalue weighted by Crippen LogP contribution is 2.32. The summed E-state index contributed by atoms with van der Waals surface area (Å²) in [6.07, 6.45) is 4.72. The van der Waals surface area contributed by atoms with Crippen LogP contribution in [-0.4, -0.2) is 59.0 Å². The molecule has 3 aromatic rings. The molecule has 0 spiro atoms. The maximum atomic E-state index is 11.7. The number of nitrogens with one attached hydrogen (secondary N) is 2. The van der Waals surface area contributed by atoms with Crippen LogP contribution in [0.5, 0.6) is 11.6 Å². The molecule has 1 fully saturated rings. The number of amides is 1. The van der Waals surface area contributed by atoms with Gasteiger partial charge in [0.25, 0.3) is 0 Å². The van der Waals surface area contributed by atoms with E-state index in [-0.39, 0.29) is 12.1 Å². The van der Waals surface area contributed by atoms with E-state index in [1.807, 2.05) is 18.2 Å². The molecule has 3 heterocycles. The lowest BCUT2D eigenvalue weighted by Crippen LogP contribution is -2.51. The number of aromatic nitrogens is 2. The van der Waals surface area contributed by atoms with E-state index in [2.05, 4.69) is 50.6 Å². The molecule has 1 amide bonds. The molecule has 0 saturated carbocycles. The lowest BCUT2D eigenvalue weighted by molar-refractivity contribution is -0.113. The number of carbonyl (C=O) groups is 1. The fourth-order valence-electron chi connectivity index (χ4n) is 4.65. The smallest absolute Gasteiger partial charge is 0.234 e. The van der Waals surface area contributed by atoms with Gasteiger partial charge in [0.2, 0.25) is 11.8 Å². The second-order valence-corrected chi connectivity index (χ2v) is 9.94. The summed E-state index contributed by atoms with van der Waals surface area (Å²) in [5, 5.41) is 6.69. The standard InChI is InChI=1S/C26H31N5O3S/c1-3-26(34-25-14-28-20-8-7-19(33-2)12-21(20)30-25)31-10-4-5-18(15-31)27-13-17-6-9-23-22(11-17)29-24(32)16-35-23/h6-9,11-12,14,18,26-27H,3-5,10,13,15-16H2,1-2H3,(H,29,32). The normalized spacial score (nSPS) is 19.1. The van der Waals surface area contributed by atoms with E-state index < -0.39 is 0 Å². The van der Waals surface area contributed by atoms with Crippen LogP contribution in [0.1, 0.15) is 31.7 Å². The summed E-state index contributed by atoms with van der Waals surface area (Å²) in [4.78, 5) is 24.4. The molecular weight excluding hydrogens is 462 g/mol. The summed E-state index contributed by atoms with van der Waals surface area (Å²) in [7, 11) is 1.64. The van der Waals surface area contributed by atoms with Crippen molar-refractivity contribution in [3.8, 4) is 11.6 Å². The van der Waals surface area contributed by atoms with Crippen LogP contribution in [-0.2, 0) is 11.3 Å². The Bertz CT molecular complexity index is 1210. The average molecular weight is 494 g/mol. The van der Waals surface area contributed by atoms with Gasteiger partial charge < -0.3 is 20.1 Å². The van der Waals surface area contributed by atoms with Crippen LogP contribution >= 0.6 is 11.8 Å². The van der Waals surface area contributed by atoms with Crippen molar-refractivity contribution in [2.24, 2.45) is 0 Å². The fraction of sp³-hybridized carbons (Fsp3) is 0.423. The van der Waals surface area contributed by atoms with Crippen LogP contribution in [0.4, 0.5) is 5.69 Å². The van der Waals surface area contributed by atoms with Crippen molar-refractivity contribution in [1.29, 1.82) is 0 Å². The summed E-state index contributed by atoms with van der Waals surface area (Å²) in [6.45, 7) is 4.80. The minimum Gasteiger partial charge on any atom is -0.497 e. The van der Waals surface area contributed by atoms with Gasteiger partial charge in [0.15, 0.2) is 6.23 Å². The zero-order chi connectivity index (χ0) is 24.2. The summed E-state index contributed by atoms with van der Waals surface area (Å²) in [5.41, 5.74) is 3.67. The highest BCUT2D eigenvalue weighted by atomic mass is 32.2. The molecular formula is C26H31N5O3S. The number of methoxy groups -OCH3 is 1. The van der Waals surface area contributed by atoms with Crippen molar-refractivity contribution in [2.75, 3.05) is 31.3 Å². The Balaban J connectivity index is 1.20. The minimum absolute atomic E-state index is 0.0621. The van der Waals surface area contributed by atoms with Gasteiger partial charge in [-0.2, -0.15) is 0 Å². The van der Waals surface area contributed by atoms with Gasteiger partial charge >= 0.3 is 0 Å². The Kier molecular flexibility index (Phi) is 7.36. The maximum absolute atomic E-state index is 11.7. The number of fused-ring (bicyclic) bond motifs is 2. The number of thioether (sulfide) groups is 1. The third kappa shape index (κ3) is 5.69. The highest BCUT2D eigenvalue weighted by Gasteiger charge is 2.26. The molecule has 0 aliphatic carbocycles. The number of benzene rings is 2. The molecule has 1 saturated heterocycles. The van der Waals surface area contributed by atoms with E-state index in [1.54, 1.807) is 25.1 Å². The molecule has 0 bridgehead atoms. The third-order valence-corrected chi connectivity index (χ3v) is 7.54. The van der Waals surface area contributed by atoms with Crippen LogP contribution in [0, 0.1) is 0 Å². The molecule has 35 heavy (non-hydrogen) atoms. The molecule has 1 aromatic heterocycles. The largest absolute Gasteiger partial charge is 0.497 e. The predicted octanol–water partition coefficient (Wildman–Crippen LogP) is 4.05. The van der Waals surface area contributed by atoms with Crippen molar-refractivity contribution < 1.29 is 14.3 Å². The number of nitrogens with zero attached hydrogens (tertiary/aromatic N) is 3. The fourth-order valence-corrected chi connectivity index (χ4v) is 5.44. The zero-order valence-electron chi connectivity index (χ0n) is 20.1. The third-order valence-electron chi connectivity index (χ3n) is 6.47. The van der Waals surface area contributed by atoms with E-state index in [4.69, 9.17) is 9.47 Å². The Morgan fingerprint density at radius 1 is 1.26 bits per heavy atom. The summed E-state index contributed by atoms with van der Waals surface area (Å²) >= 11 is 1.59. The number of hydrogen-bond donors (Lipinski definition) is 2. The number of anilines is 1. The van der Waals surface area contributed by atoms with Gasteiger partial charge in [0.05, 0.1) is 35.8 Å². The number of hydrogen-bond acceptors (Lipinski definition) is 8. The number of ether oxygens (including phenoxy) is 2. The molecule has 9 heteroatoms. The molecule has 2 N–H and O–H groups in total. The van der Waals surface area contributed by atoms with Crippen molar-refractivity contribution in [3.05, 3.63) is 48.2 Å². The van der Waals surface area contributed by atoms with Gasteiger partial charge in [-0.1, -0.05) is 13.0 Å². The molecule has 0 radical (unpaired) electrons. The number of carbonyl (C=O) groups excluding carboxylic acids is 1. The van der Waals surface area contributed by atoms with Crippen LogP contribution < -0.4 is 20.1 Å². The molecule has 8 nitrogen and oxygen atoms in total. The first-order chi connectivity index (χ1) is 17.1. The first-order valence-corrected chi connectivity index (χ1v) is 13.1. The zero-order valence-corrected chi connectivity index (χ0v) is 20.9. The van der Waals surface area contributed by atoms with Gasteiger partial charge in [0.1, 0.15) is 5.75 Å².